The maximum atomic E-state index is 13.6. The van der Waals surface area contributed by atoms with Gasteiger partial charge in [-0.05, 0) is 88.1 Å². The number of carbonyl (C=O) groups excluding carboxylic acids is 1. The van der Waals surface area contributed by atoms with Crippen LogP contribution in [0.25, 0.3) is 5.69 Å². The highest BCUT2D eigenvalue weighted by atomic mass is 32.2. The fourth-order valence-electron chi connectivity index (χ4n) is 3.72. The van der Waals surface area contributed by atoms with Crippen LogP contribution < -0.4 is 20.9 Å². The molecule has 0 saturated carbocycles. The Bertz CT molecular complexity index is 1270. The first-order valence-corrected chi connectivity index (χ1v) is 15.0. The zero-order chi connectivity index (χ0) is 27.7. The highest BCUT2D eigenvalue weighted by Crippen LogP contribution is 2.33. The first-order chi connectivity index (χ1) is 18.3. The molecule has 0 aliphatic rings. The number of anilines is 2. The molecular formula is C28H36N4O4S2. The van der Waals surface area contributed by atoms with E-state index in [1.54, 1.807) is 30.5 Å². The molecule has 0 aliphatic heterocycles. The molecule has 0 fully saturated rings. The molecule has 1 aromatic carbocycles. The Balaban J connectivity index is 1.89. The quantitative estimate of drug-likeness (QED) is 0.189. The second kappa shape index (κ2) is 14.3. The molecule has 2 aromatic heterocycles. The molecule has 0 radical (unpaired) electrons. The van der Waals surface area contributed by atoms with E-state index in [2.05, 4.69) is 22.5 Å². The van der Waals surface area contributed by atoms with Crippen LogP contribution in [0.5, 0.6) is 5.75 Å². The SMILES string of the molecule is CCCCc1ccn(-c2ccc(OCOC(C)C)cc2)c(=O)c1NC(=O)Nc1c(SC)cc(C)nc1SC. The second-order valence-electron chi connectivity index (χ2n) is 8.90. The smallest absolute Gasteiger partial charge is 0.323 e. The number of carbonyl (C=O) groups is 1. The summed E-state index contributed by atoms with van der Waals surface area (Å²) < 4.78 is 12.5. The van der Waals surface area contributed by atoms with Gasteiger partial charge in [-0.15, -0.1) is 23.5 Å². The molecule has 2 N–H and O–H groups in total. The van der Waals surface area contributed by atoms with Gasteiger partial charge in [-0.3, -0.25) is 9.36 Å². The van der Waals surface area contributed by atoms with Gasteiger partial charge in [0.05, 0.1) is 11.8 Å². The van der Waals surface area contributed by atoms with Gasteiger partial charge >= 0.3 is 6.03 Å². The van der Waals surface area contributed by atoms with Crippen LogP contribution in [0.2, 0.25) is 0 Å². The van der Waals surface area contributed by atoms with Crippen molar-refractivity contribution in [2.45, 2.75) is 63.0 Å². The van der Waals surface area contributed by atoms with Crippen LogP contribution in [0.15, 0.2) is 57.3 Å². The van der Waals surface area contributed by atoms with Gasteiger partial charge in [-0.1, -0.05) is 13.3 Å². The van der Waals surface area contributed by atoms with Gasteiger partial charge < -0.3 is 20.1 Å². The summed E-state index contributed by atoms with van der Waals surface area (Å²) in [7, 11) is 0. The summed E-state index contributed by atoms with van der Waals surface area (Å²) >= 11 is 2.99. The van der Waals surface area contributed by atoms with E-state index in [0.29, 0.717) is 23.5 Å². The molecule has 0 saturated heterocycles. The molecule has 3 aromatic rings. The number of pyridine rings is 2. The molecule has 0 aliphatic carbocycles. The molecule has 2 heterocycles. The maximum absolute atomic E-state index is 13.6. The van der Waals surface area contributed by atoms with Crippen molar-refractivity contribution in [1.29, 1.82) is 0 Å². The number of benzene rings is 1. The van der Waals surface area contributed by atoms with E-state index in [-0.39, 0.29) is 24.1 Å². The number of amides is 2. The molecule has 2 amide bonds. The number of nitrogens with one attached hydrogen (secondary N) is 2. The van der Waals surface area contributed by atoms with Crippen LogP contribution in [0.4, 0.5) is 16.2 Å². The number of urea groups is 1. The van der Waals surface area contributed by atoms with Gasteiger partial charge in [-0.25, -0.2) is 9.78 Å². The number of hydrogen-bond donors (Lipinski definition) is 2. The van der Waals surface area contributed by atoms with E-state index in [9.17, 15) is 9.59 Å². The Hall–Kier alpha value is -2.95. The van der Waals surface area contributed by atoms with Gasteiger partial charge in [0.2, 0.25) is 0 Å². The zero-order valence-corrected chi connectivity index (χ0v) is 24.4. The number of thioether (sulfide) groups is 2. The molecule has 0 bridgehead atoms. The number of rotatable bonds is 12. The van der Waals surface area contributed by atoms with E-state index in [4.69, 9.17) is 9.47 Å². The third-order valence-corrected chi connectivity index (χ3v) is 7.13. The maximum Gasteiger partial charge on any atom is 0.323 e. The fourth-order valence-corrected chi connectivity index (χ4v) is 5.03. The zero-order valence-electron chi connectivity index (χ0n) is 22.8. The first-order valence-electron chi connectivity index (χ1n) is 12.5. The summed E-state index contributed by atoms with van der Waals surface area (Å²) in [4.78, 5) is 32.2. The average molecular weight is 557 g/mol. The Morgan fingerprint density at radius 1 is 1.08 bits per heavy atom. The van der Waals surface area contributed by atoms with Crippen molar-refractivity contribution in [2.24, 2.45) is 0 Å². The van der Waals surface area contributed by atoms with Crippen LogP contribution in [0.3, 0.4) is 0 Å². The molecule has 38 heavy (non-hydrogen) atoms. The second-order valence-corrected chi connectivity index (χ2v) is 10.5. The molecule has 3 rings (SSSR count). The van der Waals surface area contributed by atoms with E-state index < -0.39 is 6.03 Å². The van der Waals surface area contributed by atoms with E-state index in [1.165, 1.54) is 28.1 Å². The molecule has 0 atom stereocenters. The van der Waals surface area contributed by atoms with Crippen molar-refractivity contribution < 1.29 is 14.3 Å². The Kier molecular flexibility index (Phi) is 11.1. The molecular weight excluding hydrogens is 520 g/mol. The predicted octanol–water partition coefficient (Wildman–Crippen LogP) is 6.73. The average Bonchev–Trinajstić information content (AvgIpc) is 2.90. The third kappa shape index (κ3) is 7.78. The topological polar surface area (TPSA) is 94.5 Å². The number of hydrogen-bond acceptors (Lipinski definition) is 7. The summed E-state index contributed by atoms with van der Waals surface area (Å²) in [6.45, 7) is 8.05. The van der Waals surface area contributed by atoms with Crippen molar-refractivity contribution >= 4 is 40.9 Å². The number of unbranched alkanes of at least 4 members (excludes halogenated alkanes) is 1. The minimum absolute atomic E-state index is 0.0732. The highest BCUT2D eigenvalue weighted by Gasteiger charge is 2.18. The summed E-state index contributed by atoms with van der Waals surface area (Å²) in [6, 6.07) is 10.5. The lowest BCUT2D eigenvalue weighted by Crippen LogP contribution is -2.29. The Morgan fingerprint density at radius 3 is 2.42 bits per heavy atom. The number of nitrogens with zero attached hydrogens (tertiary/aromatic N) is 2. The van der Waals surface area contributed by atoms with Gasteiger partial charge in [-0.2, -0.15) is 0 Å². The number of aryl methyl sites for hydroxylation is 2. The van der Waals surface area contributed by atoms with Crippen LogP contribution in [0.1, 0.15) is 44.9 Å². The van der Waals surface area contributed by atoms with Gasteiger partial charge in [0.15, 0.2) is 6.79 Å². The summed E-state index contributed by atoms with van der Waals surface area (Å²) in [6.07, 6.45) is 8.25. The fraction of sp³-hybridized carbons (Fsp3) is 0.393. The largest absolute Gasteiger partial charge is 0.468 e. The van der Waals surface area contributed by atoms with Crippen molar-refractivity contribution in [3.63, 3.8) is 0 Å². The van der Waals surface area contributed by atoms with E-state index in [1.807, 2.05) is 45.4 Å². The van der Waals surface area contributed by atoms with Crippen molar-refractivity contribution in [3.05, 3.63) is 64.2 Å². The molecule has 0 spiro atoms. The van der Waals surface area contributed by atoms with Crippen molar-refractivity contribution in [1.82, 2.24) is 9.55 Å². The summed E-state index contributed by atoms with van der Waals surface area (Å²) in [5.74, 6) is 0.639. The van der Waals surface area contributed by atoms with Crippen molar-refractivity contribution in [2.75, 3.05) is 29.9 Å². The number of aromatic nitrogens is 2. The highest BCUT2D eigenvalue weighted by molar-refractivity contribution is 7.99. The summed E-state index contributed by atoms with van der Waals surface area (Å²) in [5, 5.41) is 6.50. The first kappa shape index (κ1) is 29.6. The predicted molar refractivity (Wildman–Crippen MR) is 158 cm³/mol. The minimum Gasteiger partial charge on any atom is -0.468 e. The van der Waals surface area contributed by atoms with Crippen LogP contribution in [-0.4, -0.2) is 41.0 Å². The van der Waals surface area contributed by atoms with Crippen LogP contribution >= 0.6 is 23.5 Å². The van der Waals surface area contributed by atoms with E-state index >= 15 is 0 Å². The van der Waals surface area contributed by atoms with E-state index in [0.717, 1.165) is 34.0 Å². The molecule has 0 unspecified atom stereocenters. The lowest BCUT2D eigenvalue weighted by Gasteiger charge is -2.17. The van der Waals surface area contributed by atoms with Crippen LogP contribution in [0, 0.1) is 6.92 Å². The molecule has 8 nitrogen and oxygen atoms in total. The van der Waals surface area contributed by atoms with Gasteiger partial charge in [0.25, 0.3) is 5.56 Å². The minimum atomic E-state index is -0.484. The van der Waals surface area contributed by atoms with Crippen molar-refractivity contribution in [3.8, 4) is 11.4 Å². The lowest BCUT2D eigenvalue weighted by molar-refractivity contribution is -0.0199. The molecule has 204 valence electrons. The molecule has 10 heteroatoms. The normalized spacial score (nSPS) is 11.0. The summed E-state index contributed by atoms with van der Waals surface area (Å²) in [5.41, 5.74) is 2.93. The van der Waals surface area contributed by atoms with Gasteiger partial charge in [0.1, 0.15) is 16.5 Å². The lowest BCUT2D eigenvalue weighted by atomic mass is 10.1. The van der Waals surface area contributed by atoms with Crippen LogP contribution in [-0.2, 0) is 11.2 Å². The monoisotopic (exact) mass is 556 g/mol. The standard InChI is InChI=1S/C28H36N4O4S2/c1-7-8-9-20-14-15-32(21-10-12-22(13-11-21)36-17-35-18(2)3)27(33)24(20)30-28(34)31-25-23(37-5)16-19(4)29-26(25)38-6/h10-16,18H,7-9,17H2,1-6H3,(H2,30,31,34). The number of ether oxygens (including phenoxy) is 2. The Morgan fingerprint density at radius 2 is 1.79 bits per heavy atom. The van der Waals surface area contributed by atoms with Gasteiger partial charge in [0, 0.05) is 22.5 Å². The Labute approximate surface area is 232 Å². The third-order valence-electron chi connectivity index (χ3n) is 5.69.